The zero-order valence-electron chi connectivity index (χ0n) is 9.71. The molecule has 0 spiro atoms. The zero-order valence-corrected chi connectivity index (χ0v) is 10.5. The molecular formula is C15H12ClNO. The number of rotatable bonds is 4. The van der Waals surface area contributed by atoms with Crippen LogP contribution in [0, 0.1) is 0 Å². The largest absolute Gasteiger partial charge is 0.298 e. The Balaban J connectivity index is 2.18. The van der Waals surface area contributed by atoms with Crippen LogP contribution in [0.5, 0.6) is 0 Å². The highest BCUT2D eigenvalue weighted by molar-refractivity contribution is 6.30. The first-order chi connectivity index (χ1) is 8.79. The number of carbonyl (C=O) groups excluding carboxylic acids is 1. The summed E-state index contributed by atoms with van der Waals surface area (Å²) >= 11 is 5.82. The first kappa shape index (κ1) is 12.5. The van der Waals surface area contributed by atoms with Crippen LogP contribution in [-0.4, -0.2) is 11.3 Å². The van der Waals surface area contributed by atoms with E-state index in [0.29, 0.717) is 17.0 Å². The van der Waals surface area contributed by atoms with E-state index >= 15 is 0 Å². The van der Waals surface area contributed by atoms with E-state index < -0.39 is 0 Å². The van der Waals surface area contributed by atoms with E-state index in [0.717, 1.165) is 17.4 Å². The molecule has 0 bridgehead atoms. The van der Waals surface area contributed by atoms with Crippen LogP contribution in [0.3, 0.4) is 0 Å². The zero-order chi connectivity index (χ0) is 12.8. The third-order valence-corrected chi connectivity index (χ3v) is 2.86. The molecule has 2 rings (SSSR count). The standard InChI is InChI=1S/C15H12ClNO/c16-15-5-3-13(4-6-15)14(11-18)2-1-12-7-9-17-10-8-12/h2-11H,1H2. The number of hydrogen-bond acceptors (Lipinski definition) is 2. The number of allylic oxidation sites excluding steroid dienone is 2. The molecule has 0 amide bonds. The molecule has 0 unspecified atom stereocenters. The fourth-order valence-electron chi connectivity index (χ4n) is 1.62. The molecule has 18 heavy (non-hydrogen) atoms. The molecule has 0 atom stereocenters. The average Bonchev–Trinajstić information content (AvgIpc) is 2.42. The molecule has 2 aromatic rings. The number of aldehydes is 1. The summed E-state index contributed by atoms with van der Waals surface area (Å²) in [6.45, 7) is 0. The Kier molecular flexibility index (Phi) is 4.26. The van der Waals surface area contributed by atoms with Gasteiger partial charge in [-0.25, -0.2) is 0 Å². The number of hydrogen-bond donors (Lipinski definition) is 0. The van der Waals surface area contributed by atoms with E-state index in [1.165, 1.54) is 0 Å². The van der Waals surface area contributed by atoms with Crippen molar-refractivity contribution in [2.75, 3.05) is 0 Å². The van der Waals surface area contributed by atoms with Crippen molar-refractivity contribution in [3.63, 3.8) is 0 Å². The van der Waals surface area contributed by atoms with Crippen LogP contribution < -0.4 is 0 Å². The van der Waals surface area contributed by atoms with Crippen molar-refractivity contribution in [1.29, 1.82) is 0 Å². The van der Waals surface area contributed by atoms with Crippen molar-refractivity contribution >= 4 is 23.5 Å². The van der Waals surface area contributed by atoms with Gasteiger partial charge >= 0.3 is 0 Å². The van der Waals surface area contributed by atoms with E-state index in [-0.39, 0.29) is 0 Å². The third-order valence-electron chi connectivity index (χ3n) is 2.61. The molecule has 2 nitrogen and oxygen atoms in total. The molecule has 0 fully saturated rings. The Labute approximate surface area is 111 Å². The maximum Gasteiger partial charge on any atom is 0.150 e. The second-order valence-corrected chi connectivity index (χ2v) is 4.28. The van der Waals surface area contributed by atoms with Gasteiger partial charge in [-0.1, -0.05) is 29.8 Å². The van der Waals surface area contributed by atoms with Crippen molar-refractivity contribution in [2.45, 2.75) is 6.42 Å². The van der Waals surface area contributed by atoms with Gasteiger partial charge < -0.3 is 0 Å². The van der Waals surface area contributed by atoms with E-state index in [1.807, 2.05) is 30.3 Å². The molecule has 0 aliphatic heterocycles. The number of halogens is 1. The highest BCUT2D eigenvalue weighted by Crippen LogP contribution is 2.16. The monoisotopic (exact) mass is 257 g/mol. The SMILES string of the molecule is O=CC(=CCc1ccncc1)c1ccc(Cl)cc1. The van der Waals surface area contributed by atoms with E-state index in [1.54, 1.807) is 24.5 Å². The van der Waals surface area contributed by atoms with Crippen LogP contribution in [0.2, 0.25) is 5.02 Å². The lowest BCUT2D eigenvalue weighted by molar-refractivity contribution is -0.103. The van der Waals surface area contributed by atoms with E-state index in [2.05, 4.69) is 4.98 Å². The highest BCUT2D eigenvalue weighted by Gasteiger charge is 2.00. The molecule has 3 heteroatoms. The van der Waals surface area contributed by atoms with Crippen LogP contribution in [0.25, 0.3) is 5.57 Å². The van der Waals surface area contributed by atoms with Crippen molar-refractivity contribution in [3.05, 3.63) is 71.0 Å². The molecule has 0 saturated carbocycles. The lowest BCUT2D eigenvalue weighted by Crippen LogP contribution is -1.88. The summed E-state index contributed by atoms with van der Waals surface area (Å²) in [7, 11) is 0. The van der Waals surface area contributed by atoms with Gasteiger partial charge in [0.05, 0.1) is 0 Å². The average molecular weight is 258 g/mol. The van der Waals surface area contributed by atoms with Gasteiger partial charge in [0.1, 0.15) is 6.29 Å². The summed E-state index contributed by atoms with van der Waals surface area (Å²) in [5.74, 6) is 0. The minimum Gasteiger partial charge on any atom is -0.298 e. The molecule has 1 aromatic carbocycles. The Morgan fingerprint density at radius 3 is 2.39 bits per heavy atom. The maximum absolute atomic E-state index is 11.1. The number of nitrogens with zero attached hydrogens (tertiary/aromatic N) is 1. The molecule has 0 aliphatic carbocycles. The maximum atomic E-state index is 11.1. The predicted molar refractivity (Wildman–Crippen MR) is 73.4 cm³/mol. The van der Waals surface area contributed by atoms with Crippen LogP contribution in [-0.2, 0) is 11.2 Å². The minimum atomic E-state index is 0.665. The van der Waals surface area contributed by atoms with Crippen LogP contribution in [0.1, 0.15) is 11.1 Å². The van der Waals surface area contributed by atoms with Gasteiger partial charge in [0.2, 0.25) is 0 Å². The van der Waals surface area contributed by atoms with Crippen LogP contribution in [0.15, 0.2) is 54.9 Å². The topological polar surface area (TPSA) is 30.0 Å². The van der Waals surface area contributed by atoms with E-state index in [9.17, 15) is 4.79 Å². The lowest BCUT2D eigenvalue weighted by Gasteiger charge is -2.01. The lowest BCUT2D eigenvalue weighted by atomic mass is 10.0. The molecule has 1 aromatic heterocycles. The third kappa shape index (κ3) is 3.28. The smallest absolute Gasteiger partial charge is 0.150 e. The Bertz CT molecular complexity index is 546. The number of pyridine rings is 1. The summed E-state index contributed by atoms with van der Waals surface area (Å²) in [4.78, 5) is 15.1. The molecular weight excluding hydrogens is 246 g/mol. The molecule has 1 heterocycles. The van der Waals surface area contributed by atoms with Crippen molar-refractivity contribution in [1.82, 2.24) is 4.98 Å². The van der Waals surface area contributed by atoms with Gasteiger partial charge in [0, 0.05) is 23.0 Å². The fraction of sp³-hybridized carbons (Fsp3) is 0.0667. The molecule has 0 N–H and O–H groups in total. The van der Waals surface area contributed by atoms with Gasteiger partial charge in [0.15, 0.2) is 0 Å². The summed E-state index contributed by atoms with van der Waals surface area (Å²) in [5, 5.41) is 0.665. The molecule has 0 aliphatic rings. The number of benzene rings is 1. The normalized spacial score (nSPS) is 11.3. The molecule has 0 radical (unpaired) electrons. The van der Waals surface area contributed by atoms with Crippen molar-refractivity contribution in [2.24, 2.45) is 0 Å². The van der Waals surface area contributed by atoms with Gasteiger partial charge in [0.25, 0.3) is 0 Å². The highest BCUT2D eigenvalue weighted by atomic mass is 35.5. The fourth-order valence-corrected chi connectivity index (χ4v) is 1.75. The van der Waals surface area contributed by atoms with E-state index in [4.69, 9.17) is 11.6 Å². The first-order valence-electron chi connectivity index (χ1n) is 5.60. The first-order valence-corrected chi connectivity index (χ1v) is 5.97. The Morgan fingerprint density at radius 1 is 1.11 bits per heavy atom. The van der Waals surface area contributed by atoms with Crippen LogP contribution >= 0.6 is 11.6 Å². The quantitative estimate of drug-likeness (QED) is 0.619. The summed E-state index contributed by atoms with van der Waals surface area (Å²) in [6, 6.07) is 11.1. The Morgan fingerprint density at radius 2 is 1.78 bits per heavy atom. The summed E-state index contributed by atoms with van der Waals surface area (Å²) in [5.41, 5.74) is 2.67. The molecule has 90 valence electrons. The van der Waals surface area contributed by atoms with Gasteiger partial charge in [-0.3, -0.25) is 9.78 Å². The van der Waals surface area contributed by atoms with Gasteiger partial charge in [-0.05, 0) is 41.8 Å². The van der Waals surface area contributed by atoms with Crippen LogP contribution in [0.4, 0.5) is 0 Å². The van der Waals surface area contributed by atoms with Crippen molar-refractivity contribution in [3.8, 4) is 0 Å². The minimum absolute atomic E-state index is 0.665. The number of carbonyl (C=O) groups is 1. The predicted octanol–water partition coefficient (Wildman–Crippen LogP) is 3.56. The van der Waals surface area contributed by atoms with Crippen molar-refractivity contribution < 1.29 is 4.79 Å². The molecule has 0 saturated heterocycles. The van der Waals surface area contributed by atoms with Gasteiger partial charge in [-0.2, -0.15) is 0 Å². The summed E-state index contributed by atoms with van der Waals surface area (Å²) < 4.78 is 0. The van der Waals surface area contributed by atoms with Gasteiger partial charge in [-0.15, -0.1) is 0 Å². The summed E-state index contributed by atoms with van der Waals surface area (Å²) in [6.07, 6.45) is 6.97. The Hall–Kier alpha value is -1.93. The second kappa shape index (κ2) is 6.12. The number of aromatic nitrogens is 1. The second-order valence-electron chi connectivity index (χ2n) is 3.84.